The van der Waals surface area contributed by atoms with Gasteiger partial charge in [0.2, 0.25) is 0 Å². The Morgan fingerprint density at radius 3 is 1.96 bits per heavy atom. The normalized spacial score (nSPS) is 19.5. The van der Waals surface area contributed by atoms with Crippen molar-refractivity contribution >= 4 is 23.9 Å². The standard InChI is InChI=1S/C20H24N2O6/c1-18(2,3)27-17(26)21-20(10-19(4,5)11-20)16(25)28-22-14(23)12-8-6-7-9-13(12)15(22)24/h6-9H,10-11H2,1-5H3,(H,21,26). The monoisotopic (exact) mass is 388 g/mol. The summed E-state index contributed by atoms with van der Waals surface area (Å²) in [7, 11) is 0. The highest BCUT2D eigenvalue weighted by atomic mass is 16.7. The number of nitrogens with zero attached hydrogens (tertiary/aromatic N) is 1. The van der Waals surface area contributed by atoms with Crippen molar-refractivity contribution in [3.05, 3.63) is 35.4 Å². The lowest BCUT2D eigenvalue weighted by atomic mass is 9.59. The maximum Gasteiger partial charge on any atom is 0.408 e. The van der Waals surface area contributed by atoms with Crippen molar-refractivity contribution in [2.45, 2.75) is 58.6 Å². The zero-order chi connectivity index (χ0) is 20.9. The zero-order valence-corrected chi connectivity index (χ0v) is 16.6. The van der Waals surface area contributed by atoms with Crippen molar-refractivity contribution < 1.29 is 28.8 Å². The molecule has 1 aromatic carbocycles. The van der Waals surface area contributed by atoms with Crippen molar-refractivity contribution in [3.8, 4) is 0 Å². The first-order valence-corrected chi connectivity index (χ1v) is 9.05. The maximum atomic E-state index is 12.9. The molecule has 150 valence electrons. The quantitative estimate of drug-likeness (QED) is 0.799. The van der Waals surface area contributed by atoms with Crippen LogP contribution < -0.4 is 5.32 Å². The number of nitrogens with one attached hydrogen (secondary N) is 1. The van der Waals surface area contributed by atoms with Crippen LogP contribution in [0.1, 0.15) is 68.2 Å². The van der Waals surface area contributed by atoms with Crippen LogP contribution in [0, 0.1) is 5.41 Å². The number of carbonyl (C=O) groups excluding carboxylic acids is 4. The minimum absolute atomic E-state index is 0.170. The molecule has 0 bridgehead atoms. The number of imide groups is 1. The SMILES string of the molecule is CC1(C)CC(NC(=O)OC(C)(C)C)(C(=O)ON2C(=O)c3ccccc3C2=O)C1. The number of hydrogen-bond acceptors (Lipinski definition) is 6. The fourth-order valence-electron chi connectivity index (χ4n) is 3.79. The summed E-state index contributed by atoms with van der Waals surface area (Å²) in [5, 5.41) is 3.04. The van der Waals surface area contributed by atoms with Crippen LogP contribution in [-0.4, -0.2) is 40.1 Å². The van der Waals surface area contributed by atoms with Gasteiger partial charge in [0.25, 0.3) is 11.8 Å². The van der Waals surface area contributed by atoms with Crippen molar-refractivity contribution in [2.75, 3.05) is 0 Å². The van der Waals surface area contributed by atoms with Crippen molar-refractivity contribution in [2.24, 2.45) is 5.41 Å². The third-order valence-electron chi connectivity index (χ3n) is 4.62. The first-order valence-electron chi connectivity index (χ1n) is 9.05. The van der Waals surface area contributed by atoms with E-state index in [1.807, 2.05) is 13.8 Å². The topological polar surface area (TPSA) is 102 Å². The van der Waals surface area contributed by atoms with Crippen LogP contribution in [0.2, 0.25) is 0 Å². The Kier molecular flexibility index (Phi) is 4.48. The minimum Gasteiger partial charge on any atom is -0.444 e. The summed E-state index contributed by atoms with van der Waals surface area (Å²) < 4.78 is 5.25. The third-order valence-corrected chi connectivity index (χ3v) is 4.62. The Morgan fingerprint density at radius 1 is 1.04 bits per heavy atom. The predicted molar refractivity (Wildman–Crippen MR) is 98.1 cm³/mol. The molecule has 3 rings (SSSR count). The average Bonchev–Trinajstić information content (AvgIpc) is 2.76. The highest BCUT2D eigenvalue weighted by Gasteiger charge is 2.58. The van der Waals surface area contributed by atoms with Crippen molar-refractivity contribution in [3.63, 3.8) is 0 Å². The summed E-state index contributed by atoms with van der Waals surface area (Å²) in [6.45, 7) is 9.01. The smallest absolute Gasteiger partial charge is 0.408 e. The Morgan fingerprint density at radius 2 is 1.54 bits per heavy atom. The Bertz CT molecular complexity index is 825. The van der Waals surface area contributed by atoms with Crippen LogP contribution in [0.15, 0.2) is 24.3 Å². The Labute approximate surface area is 163 Å². The Hall–Kier alpha value is -2.90. The van der Waals surface area contributed by atoms with Crippen LogP contribution in [0.25, 0.3) is 0 Å². The third kappa shape index (κ3) is 3.58. The summed E-state index contributed by atoms with van der Waals surface area (Å²) >= 11 is 0. The van der Waals surface area contributed by atoms with E-state index in [-0.39, 0.29) is 16.5 Å². The van der Waals surface area contributed by atoms with Gasteiger partial charge >= 0.3 is 12.1 Å². The van der Waals surface area contributed by atoms with E-state index in [9.17, 15) is 19.2 Å². The van der Waals surface area contributed by atoms with E-state index in [1.165, 1.54) is 12.1 Å². The van der Waals surface area contributed by atoms with Gasteiger partial charge in [0.05, 0.1) is 11.1 Å². The molecule has 28 heavy (non-hydrogen) atoms. The van der Waals surface area contributed by atoms with Gasteiger partial charge in [-0.2, -0.15) is 0 Å². The molecular formula is C20H24N2O6. The largest absolute Gasteiger partial charge is 0.444 e. The molecule has 8 nitrogen and oxygen atoms in total. The van der Waals surface area contributed by atoms with Crippen molar-refractivity contribution in [1.29, 1.82) is 0 Å². The summed E-state index contributed by atoms with van der Waals surface area (Å²) in [5.41, 5.74) is -1.97. The zero-order valence-electron chi connectivity index (χ0n) is 16.6. The van der Waals surface area contributed by atoms with E-state index >= 15 is 0 Å². The number of rotatable bonds is 3. The van der Waals surface area contributed by atoms with Crippen LogP contribution in [0.5, 0.6) is 0 Å². The lowest BCUT2D eigenvalue weighted by molar-refractivity contribution is -0.186. The van der Waals surface area contributed by atoms with Gasteiger partial charge in [0.1, 0.15) is 11.1 Å². The van der Waals surface area contributed by atoms with Gasteiger partial charge in [-0.15, -0.1) is 0 Å². The van der Waals surface area contributed by atoms with Gasteiger partial charge in [-0.1, -0.05) is 31.0 Å². The molecule has 0 spiro atoms. The molecular weight excluding hydrogens is 364 g/mol. The number of carbonyl (C=O) groups is 4. The molecule has 0 saturated heterocycles. The van der Waals surface area contributed by atoms with Gasteiger partial charge in [0.15, 0.2) is 0 Å². The molecule has 1 aliphatic carbocycles. The average molecular weight is 388 g/mol. The number of hydroxylamine groups is 2. The van der Waals surface area contributed by atoms with Crippen molar-refractivity contribution in [1.82, 2.24) is 10.4 Å². The second kappa shape index (κ2) is 6.32. The fraction of sp³-hybridized carbons (Fsp3) is 0.500. The Balaban J connectivity index is 1.77. The number of alkyl carbamates (subject to hydrolysis) is 1. The number of amides is 3. The lowest BCUT2D eigenvalue weighted by Crippen LogP contribution is -2.66. The molecule has 0 aromatic heterocycles. The van der Waals surface area contributed by atoms with Crippen LogP contribution >= 0.6 is 0 Å². The molecule has 0 atom stereocenters. The molecule has 1 aromatic rings. The summed E-state index contributed by atoms with van der Waals surface area (Å²) in [6.07, 6.45) is -0.176. The van der Waals surface area contributed by atoms with Crippen LogP contribution in [-0.2, 0) is 14.4 Å². The van der Waals surface area contributed by atoms with Gasteiger partial charge in [-0.3, -0.25) is 9.59 Å². The molecule has 1 aliphatic heterocycles. The second-order valence-electron chi connectivity index (χ2n) is 9.06. The van der Waals surface area contributed by atoms with Gasteiger partial charge < -0.3 is 14.9 Å². The fourth-order valence-corrected chi connectivity index (χ4v) is 3.79. The highest BCUT2D eigenvalue weighted by Crippen LogP contribution is 2.49. The molecule has 3 amide bonds. The number of benzene rings is 1. The molecule has 0 radical (unpaired) electrons. The van der Waals surface area contributed by atoms with Crippen LogP contribution in [0.4, 0.5) is 4.79 Å². The summed E-state index contributed by atoms with van der Waals surface area (Å²) in [4.78, 5) is 55.2. The first kappa shape index (κ1) is 19.9. The first-order chi connectivity index (χ1) is 12.8. The van der Waals surface area contributed by atoms with Gasteiger partial charge in [0, 0.05) is 0 Å². The van der Waals surface area contributed by atoms with Crippen LogP contribution in [0.3, 0.4) is 0 Å². The van der Waals surface area contributed by atoms with Gasteiger partial charge in [-0.05, 0) is 51.2 Å². The molecule has 1 saturated carbocycles. The van der Waals surface area contributed by atoms with E-state index in [0.29, 0.717) is 17.9 Å². The molecule has 0 unspecified atom stereocenters. The molecule has 2 aliphatic rings. The molecule has 1 N–H and O–H groups in total. The second-order valence-corrected chi connectivity index (χ2v) is 9.06. The summed E-state index contributed by atoms with van der Waals surface area (Å²) in [5.74, 6) is -2.29. The van der Waals surface area contributed by atoms with Gasteiger partial charge in [-0.25, -0.2) is 9.59 Å². The predicted octanol–water partition coefficient (Wildman–Crippen LogP) is 2.82. The molecule has 1 fully saturated rings. The van der Waals surface area contributed by atoms with E-state index in [1.54, 1.807) is 32.9 Å². The van der Waals surface area contributed by atoms with E-state index in [0.717, 1.165) is 0 Å². The summed E-state index contributed by atoms with van der Waals surface area (Å²) in [6, 6.07) is 6.22. The number of ether oxygens (including phenoxy) is 1. The van der Waals surface area contributed by atoms with E-state index in [4.69, 9.17) is 9.57 Å². The molecule has 8 heteroatoms. The van der Waals surface area contributed by atoms with E-state index < -0.39 is 35.0 Å². The maximum absolute atomic E-state index is 12.9. The molecule has 1 heterocycles. The van der Waals surface area contributed by atoms with E-state index in [2.05, 4.69) is 5.32 Å². The highest BCUT2D eigenvalue weighted by molar-refractivity contribution is 6.21. The lowest BCUT2D eigenvalue weighted by Gasteiger charge is -2.50. The number of fused-ring (bicyclic) bond motifs is 1. The minimum atomic E-state index is -1.36. The number of hydrogen-bond donors (Lipinski definition) is 1.